The van der Waals surface area contributed by atoms with E-state index in [1.807, 2.05) is 19.1 Å². The minimum Gasteiger partial charge on any atom is -0.356 e. The second-order valence-corrected chi connectivity index (χ2v) is 6.28. The number of benzene rings is 1. The van der Waals surface area contributed by atoms with Gasteiger partial charge in [0.25, 0.3) is 0 Å². The fraction of sp³-hybridized carbons (Fsp3) is 0.611. The molecule has 2 rings (SSSR count). The summed E-state index contributed by atoms with van der Waals surface area (Å²) >= 11 is 0. The average Bonchev–Trinajstić information content (AvgIpc) is 3.06. The van der Waals surface area contributed by atoms with E-state index in [9.17, 15) is 4.39 Å². The second kappa shape index (κ2) is 10.9. The van der Waals surface area contributed by atoms with Crippen LogP contribution in [0.25, 0.3) is 0 Å². The molecule has 1 aromatic rings. The first-order valence-corrected chi connectivity index (χ1v) is 8.55. The number of rotatable bonds is 6. The molecule has 1 heterocycles. The average molecular weight is 448 g/mol. The number of guanidine groups is 1. The van der Waals surface area contributed by atoms with Crippen LogP contribution in [0.1, 0.15) is 43.4 Å². The zero-order valence-electron chi connectivity index (χ0n) is 14.9. The molecule has 136 valence electrons. The molecule has 4 nitrogen and oxygen atoms in total. The van der Waals surface area contributed by atoms with Gasteiger partial charge in [0.15, 0.2) is 5.96 Å². The van der Waals surface area contributed by atoms with Crippen molar-refractivity contribution in [1.29, 1.82) is 0 Å². The number of hydrogen-bond donors (Lipinski definition) is 2. The Morgan fingerprint density at radius 3 is 2.67 bits per heavy atom. The zero-order valence-corrected chi connectivity index (χ0v) is 17.3. The van der Waals surface area contributed by atoms with E-state index in [2.05, 4.69) is 20.5 Å². The Kier molecular flexibility index (Phi) is 9.58. The lowest BCUT2D eigenvalue weighted by Crippen LogP contribution is -2.39. The van der Waals surface area contributed by atoms with Crippen molar-refractivity contribution in [3.05, 3.63) is 35.1 Å². The number of aryl methyl sites for hydroxylation is 1. The monoisotopic (exact) mass is 448 g/mol. The van der Waals surface area contributed by atoms with Crippen molar-refractivity contribution >= 4 is 29.9 Å². The van der Waals surface area contributed by atoms with E-state index >= 15 is 0 Å². The zero-order chi connectivity index (χ0) is 16.7. The Balaban J connectivity index is 0.00000288. The fourth-order valence-electron chi connectivity index (χ4n) is 2.88. The molecule has 0 radical (unpaired) electrons. The van der Waals surface area contributed by atoms with Crippen LogP contribution < -0.4 is 10.6 Å². The number of aliphatic imine (C=N–C) groups is 1. The lowest BCUT2D eigenvalue weighted by molar-refractivity contribution is 0.334. The number of halogens is 2. The summed E-state index contributed by atoms with van der Waals surface area (Å²) < 4.78 is 13.7. The maximum atomic E-state index is 13.7. The minimum absolute atomic E-state index is 0. The Labute approximate surface area is 162 Å². The molecule has 0 saturated carbocycles. The summed E-state index contributed by atoms with van der Waals surface area (Å²) in [5, 5.41) is 6.66. The van der Waals surface area contributed by atoms with Gasteiger partial charge in [-0.1, -0.05) is 12.1 Å². The smallest absolute Gasteiger partial charge is 0.191 e. The Hall–Kier alpha value is -0.890. The predicted molar refractivity (Wildman–Crippen MR) is 110 cm³/mol. The van der Waals surface area contributed by atoms with E-state index in [0.717, 1.165) is 31.0 Å². The van der Waals surface area contributed by atoms with Crippen LogP contribution >= 0.6 is 24.0 Å². The molecule has 1 atom stereocenters. The van der Waals surface area contributed by atoms with E-state index in [1.54, 1.807) is 20.0 Å². The first-order valence-electron chi connectivity index (χ1n) is 8.55. The first-order chi connectivity index (χ1) is 11.1. The summed E-state index contributed by atoms with van der Waals surface area (Å²) in [6, 6.07) is 5.37. The van der Waals surface area contributed by atoms with E-state index in [4.69, 9.17) is 0 Å². The van der Waals surface area contributed by atoms with Gasteiger partial charge in [0.2, 0.25) is 0 Å². The van der Waals surface area contributed by atoms with Gasteiger partial charge in [0.1, 0.15) is 5.82 Å². The molecule has 1 unspecified atom stereocenters. The summed E-state index contributed by atoms with van der Waals surface area (Å²) in [7, 11) is 1.76. The summed E-state index contributed by atoms with van der Waals surface area (Å²) in [5.41, 5.74) is 1.60. The SMILES string of the molecule is CN=C(NCCCN1CCCC1)NC(C)c1ccc(C)c(F)c1.I. The van der Waals surface area contributed by atoms with Gasteiger partial charge in [0, 0.05) is 13.6 Å². The summed E-state index contributed by atoms with van der Waals surface area (Å²) in [6.07, 6.45) is 3.77. The summed E-state index contributed by atoms with van der Waals surface area (Å²) in [5.74, 6) is 0.601. The van der Waals surface area contributed by atoms with Crippen molar-refractivity contribution in [3.8, 4) is 0 Å². The molecule has 0 aromatic heterocycles. The minimum atomic E-state index is -0.162. The Morgan fingerprint density at radius 1 is 1.33 bits per heavy atom. The van der Waals surface area contributed by atoms with Crippen LogP contribution in [-0.2, 0) is 0 Å². The number of likely N-dealkylation sites (tertiary alicyclic amines) is 1. The highest BCUT2D eigenvalue weighted by atomic mass is 127. The van der Waals surface area contributed by atoms with Gasteiger partial charge < -0.3 is 15.5 Å². The van der Waals surface area contributed by atoms with Crippen molar-refractivity contribution in [3.63, 3.8) is 0 Å². The van der Waals surface area contributed by atoms with E-state index in [1.165, 1.54) is 25.9 Å². The van der Waals surface area contributed by atoms with Crippen LogP contribution in [0.2, 0.25) is 0 Å². The van der Waals surface area contributed by atoms with Gasteiger partial charge >= 0.3 is 0 Å². The molecule has 1 aliphatic heterocycles. The van der Waals surface area contributed by atoms with Crippen LogP contribution in [0.3, 0.4) is 0 Å². The molecule has 1 aromatic carbocycles. The van der Waals surface area contributed by atoms with Gasteiger partial charge in [-0.25, -0.2) is 4.39 Å². The van der Waals surface area contributed by atoms with Gasteiger partial charge in [-0.2, -0.15) is 0 Å². The van der Waals surface area contributed by atoms with Gasteiger partial charge in [-0.3, -0.25) is 4.99 Å². The van der Waals surface area contributed by atoms with Crippen molar-refractivity contribution in [2.24, 2.45) is 4.99 Å². The molecule has 1 saturated heterocycles. The normalized spacial score (nSPS) is 16.6. The Bertz CT molecular complexity index is 530. The Morgan fingerprint density at radius 2 is 2.04 bits per heavy atom. The van der Waals surface area contributed by atoms with E-state index < -0.39 is 0 Å². The maximum Gasteiger partial charge on any atom is 0.191 e. The highest BCUT2D eigenvalue weighted by molar-refractivity contribution is 14.0. The van der Waals surface area contributed by atoms with Crippen LogP contribution in [-0.4, -0.2) is 44.1 Å². The van der Waals surface area contributed by atoms with Crippen LogP contribution in [0.15, 0.2) is 23.2 Å². The molecule has 1 aliphatic rings. The third-order valence-electron chi connectivity index (χ3n) is 4.41. The topological polar surface area (TPSA) is 39.7 Å². The molecule has 6 heteroatoms. The van der Waals surface area contributed by atoms with Crippen LogP contribution in [0, 0.1) is 12.7 Å². The first kappa shape index (κ1) is 21.2. The molecule has 1 fully saturated rings. The fourth-order valence-corrected chi connectivity index (χ4v) is 2.88. The maximum absolute atomic E-state index is 13.7. The lowest BCUT2D eigenvalue weighted by Gasteiger charge is -2.19. The van der Waals surface area contributed by atoms with Gasteiger partial charge in [0.05, 0.1) is 6.04 Å². The highest BCUT2D eigenvalue weighted by Gasteiger charge is 2.11. The molecule has 0 bridgehead atoms. The van der Waals surface area contributed by atoms with Crippen LogP contribution in [0.5, 0.6) is 0 Å². The molecule has 0 aliphatic carbocycles. The summed E-state index contributed by atoms with van der Waals surface area (Å²) in [4.78, 5) is 6.76. The third-order valence-corrected chi connectivity index (χ3v) is 4.41. The molecular formula is C18H30FIN4. The molecule has 0 amide bonds. The number of nitrogens with zero attached hydrogens (tertiary/aromatic N) is 2. The van der Waals surface area contributed by atoms with Gasteiger partial charge in [-0.15, -0.1) is 24.0 Å². The number of hydrogen-bond acceptors (Lipinski definition) is 2. The second-order valence-electron chi connectivity index (χ2n) is 6.28. The van der Waals surface area contributed by atoms with Gasteiger partial charge in [-0.05, 0) is 69.9 Å². The number of nitrogens with one attached hydrogen (secondary N) is 2. The van der Waals surface area contributed by atoms with Crippen LogP contribution in [0.4, 0.5) is 4.39 Å². The predicted octanol–water partition coefficient (Wildman–Crippen LogP) is 3.46. The molecule has 0 spiro atoms. The van der Waals surface area contributed by atoms with E-state index in [0.29, 0.717) is 5.56 Å². The molecule has 24 heavy (non-hydrogen) atoms. The quantitative estimate of drug-likeness (QED) is 0.303. The molecule has 2 N–H and O–H groups in total. The standard InChI is InChI=1S/C18H29FN4.HI/c1-14-7-8-16(13-17(14)19)15(2)22-18(20-3)21-9-6-12-23-10-4-5-11-23;/h7-8,13,15H,4-6,9-12H2,1-3H3,(H2,20,21,22);1H. The van der Waals surface area contributed by atoms with Crippen molar-refractivity contribution in [2.45, 2.75) is 39.2 Å². The van der Waals surface area contributed by atoms with Crippen molar-refractivity contribution in [2.75, 3.05) is 33.2 Å². The van der Waals surface area contributed by atoms with Crippen molar-refractivity contribution in [1.82, 2.24) is 15.5 Å². The highest BCUT2D eigenvalue weighted by Crippen LogP contribution is 2.16. The third kappa shape index (κ3) is 6.55. The summed E-state index contributed by atoms with van der Waals surface area (Å²) in [6.45, 7) is 8.30. The van der Waals surface area contributed by atoms with Crippen molar-refractivity contribution < 1.29 is 4.39 Å². The largest absolute Gasteiger partial charge is 0.356 e. The molecular weight excluding hydrogens is 418 g/mol. The van der Waals surface area contributed by atoms with E-state index in [-0.39, 0.29) is 35.8 Å². The lowest BCUT2D eigenvalue weighted by atomic mass is 10.1.